The molecule has 4 saturated carbocycles. The molecule has 11 rings (SSSR count). The van der Waals surface area contributed by atoms with Gasteiger partial charge in [0.1, 0.15) is 11.7 Å². The van der Waals surface area contributed by atoms with Crippen LogP contribution in [0.4, 0.5) is 0 Å². The van der Waals surface area contributed by atoms with Gasteiger partial charge in [-0.25, -0.2) is 15.0 Å². The third-order valence-corrected chi connectivity index (χ3v) is 11.6. The van der Waals surface area contributed by atoms with Crippen molar-refractivity contribution < 1.29 is 4.42 Å². The highest BCUT2D eigenvalue weighted by atomic mass is 16.3. The van der Waals surface area contributed by atoms with E-state index < -0.39 is 0 Å². The van der Waals surface area contributed by atoms with Gasteiger partial charge >= 0.3 is 0 Å². The summed E-state index contributed by atoms with van der Waals surface area (Å²) >= 11 is 0. The van der Waals surface area contributed by atoms with Gasteiger partial charge < -0.3 is 4.42 Å². The maximum absolute atomic E-state index is 9.66. The van der Waals surface area contributed by atoms with E-state index in [-0.39, 0.29) is 0 Å². The first kappa shape index (κ1) is 28.4. The number of nitrogens with zero attached hydrogens (tertiary/aromatic N) is 4. The molecule has 0 aliphatic heterocycles. The Balaban J connectivity index is 1.08. The summed E-state index contributed by atoms with van der Waals surface area (Å²) in [5.41, 5.74) is 8.79. The van der Waals surface area contributed by atoms with Crippen molar-refractivity contribution in [3.8, 4) is 51.4 Å². The highest BCUT2D eigenvalue weighted by Gasteiger charge is 2.51. The highest BCUT2D eigenvalue weighted by molar-refractivity contribution is 6.07. The number of para-hydroxylation sites is 1. The standard InChI is InChI=1S/C44H34N4O/c45-26-33-9-6-12-36-38-22-32(15-18-39(38)49-40(33)36)42-46-41(31-7-2-1-3-8-31)47-43(48-42)37-11-5-4-10-35(37)30-13-16-34(17-14-30)44-23-27-19-28(24-44)21-29(20-27)25-44/h1-18,22,27-29H,19-21,23-25H2/t27-,28+,29-,44?. The van der Waals surface area contributed by atoms with E-state index in [0.29, 0.717) is 34.0 Å². The smallest absolute Gasteiger partial charge is 0.164 e. The maximum Gasteiger partial charge on any atom is 0.164 e. The molecule has 5 aromatic carbocycles. The Labute approximate surface area is 285 Å². The van der Waals surface area contributed by atoms with Gasteiger partial charge in [0.2, 0.25) is 0 Å². The predicted molar refractivity (Wildman–Crippen MR) is 193 cm³/mol. The quantitative estimate of drug-likeness (QED) is 0.188. The molecular formula is C44H34N4O. The van der Waals surface area contributed by atoms with Gasteiger partial charge in [0.25, 0.3) is 0 Å². The van der Waals surface area contributed by atoms with Crippen molar-refractivity contribution in [3.63, 3.8) is 0 Å². The Morgan fingerprint density at radius 1 is 0.571 bits per heavy atom. The molecule has 0 N–H and O–H groups in total. The lowest BCUT2D eigenvalue weighted by atomic mass is 9.48. The molecule has 4 fully saturated rings. The number of hydrogen-bond donors (Lipinski definition) is 0. The second-order valence-electron chi connectivity index (χ2n) is 14.6. The molecule has 0 atom stereocenters. The van der Waals surface area contributed by atoms with E-state index in [9.17, 15) is 5.26 Å². The van der Waals surface area contributed by atoms with Gasteiger partial charge in [-0.3, -0.25) is 0 Å². The SMILES string of the molecule is N#Cc1cccc2c1oc1ccc(-c3nc(-c4ccccc4)nc(-c4ccccc4-c4ccc(C56C[C@H]7C[C@@H](C5)C[C@@H](C6)C7)cc4)n3)cc12. The fourth-order valence-corrected chi connectivity index (χ4v) is 9.76. The van der Waals surface area contributed by atoms with E-state index in [2.05, 4.69) is 60.7 Å². The van der Waals surface area contributed by atoms with Gasteiger partial charge in [0, 0.05) is 27.5 Å². The number of fused-ring (bicyclic) bond motifs is 3. The van der Waals surface area contributed by atoms with E-state index in [1.165, 1.54) is 49.7 Å². The van der Waals surface area contributed by atoms with Crippen LogP contribution in [0.1, 0.15) is 49.7 Å². The number of hydrogen-bond acceptors (Lipinski definition) is 5. The number of aromatic nitrogens is 3. The molecule has 49 heavy (non-hydrogen) atoms. The Morgan fingerprint density at radius 2 is 1.20 bits per heavy atom. The van der Waals surface area contributed by atoms with E-state index in [1.807, 2.05) is 54.6 Å². The lowest BCUT2D eigenvalue weighted by Gasteiger charge is -2.57. The van der Waals surface area contributed by atoms with Crippen molar-refractivity contribution in [2.45, 2.75) is 43.9 Å². The summed E-state index contributed by atoms with van der Waals surface area (Å²) in [5.74, 6) is 4.61. The molecule has 0 amide bonds. The fraction of sp³-hybridized carbons (Fsp3) is 0.227. The van der Waals surface area contributed by atoms with E-state index in [0.717, 1.165) is 56.4 Å². The molecule has 4 aliphatic carbocycles. The summed E-state index contributed by atoms with van der Waals surface area (Å²) in [4.78, 5) is 15.2. The van der Waals surface area contributed by atoms with Crippen LogP contribution in [0.15, 0.2) is 120 Å². The Hall–Kier alpha value is -5.60. The van der Waals surface area contributed by atoms with Crippen LogP contribution >= 0.6 is 0 Å². The topological polar surface area (TPSA) is 75.6 Å². The zero-order valence-electron chi connectivity index (χ0n) is 27.1. The van der Waals surface area contributed by atoms with Crippen molar-refractivity contribution >= 4 is 21.9 Å². The molecule has 7 aromatic rings. The summed E-state index contributed by atoms with van der Waals surface area (Å²) in [6, 6.07) is 41.9. The van der Waals surface area contributed by atoms with Gasteiger partial charge in [0.15, 0.2) is 23.1 Å². The molecule has 4 aliphatic rings. The van der Waals surface area contributed by atoms with Crippen LogP contribution in [0.3, 0.4) is 0 Å². The fourth-order valence-electron chi connectivity index (χ4n) is 9.76. The van der Waals surface area contributed by atoms with E-state index in [4.69, 9.17) is 19.4 Å². The van der Waals surface area contributed by atoms with Crippen molar-refractivity contribution in [3.05, 3.63) is 126 Å². The molecule has 0 spiro atoms. The first-order valence-electron chi connectivity index (χ1n) is 17.5. The van der Waals surface area contributed by atoms with Crippen LogP contribution in [-0.4, -0.2) is 15.0 Å². The van der Waals surface area contributed by atoms with E-state index in [1.54, 1.807) is 6.07 Å². The van der Waals surface area contributed by atoms with Crippen LogP contribution in [0.25, 0.3) is 67.2 Å². The average Bonchev–Trinajstić information content (AvgIpc) is 3.53. The van der Waals surface area contributed by atoms with Crippen molar-refractivity contribution in [1.29, 1.82) is 5.26 Å². The summed E-state index contributed by atoms with van der Waals surface area (Å²) in [6.07, 6.45) is 8.47. The minimum absolute atomic E-state index is 0.373. The Kier molecular flexibility index (Phi) is 6.36. The minimum Gasteiger partial charge on any atom is -0.455 e. The largest absolute Gasteiger partial charge is 0.455 e. The summed E-state index contributed by atoms with van der Waals surface area (Å²) in [5, 5.41) is 11.5. The normalized spacial score (nSPS) is 22.5. The van der Waals surface area contributed by atoms with Crippen molar-refractivity contribution in [2.75, 3.05) is 0 Å². The summed E-state index contributed by atoms with van der Waals surface area (Å²) in [7, 11) is 0. The number of rotatable bonds is 5. The monoisotopic (exact) mass is 634 g/mol. The second kappa shape index (κ2) is 11.0. The van der Waals surface area contributed by atoms with Gasteiger partial charge in [-0.2, -0.15) is 5.26 Å². The third-order valence-electron chi connectivity index (χ3n) is 11.6. The van der Waals surface area contributed by atoms with E-state index >= 15 is 0 Å². The number of furan rings is 1. The lowest BCUT2D eigenvalue weighted by molar-refractivity contribution is -0.00518. The molecular weight excluding hydrogens is 601 g/mol. The first-order chi connectivity index (χ1) is 24.1. The minimum atomic E-state index is 0.373. The second-order valence-corrected chi connectivity index (χ2v) is 14.6. The molecule has 0 radical (unpaired) electrons. The Bertz CT molecular complexity index is 2400. The van der Waals surface area contributed by atoms with Crippen molar-refractivity contribution in [2.24, 2.45) is 17.8 Å². The van der Waals surface area contributed by atoms with Crippen LogP contribution < -0.4 is 0 Å². The zero-order valence-corrected chi connectivity index (χ0v) is 27.1. The van der Waals surface area contributed by atoms with Gasteiger partial charge in [0.05, 0.1) is 5.56 Å². The maximum atomic E-state index is 9.66. The number of benzene rings is 5. The third kappa shape index (κ3) is 4.70. The molecule has 2 aromatic heterocycles. The predicted octanol–water partition coefficient (Wildman–Crippen LogP) is 10.8. The highest BCUT2D eigenvalue weighted by Crippen LogP contribution is 2.60. The lowest BCUT2D eigenvalue weighted by Crippen LogP contribution is -2.48. The van der Waals surface area contributed by atoms with Crippen LogP contribution in [0, 0.1) is 29.1 Å². The molecule has 0 saturated heterocycles. The van der Waals surface area contributed by atoms with Crippen molar-refractivity contribution in [1.82, 2.24) is 15.0 Å². The molecule has 0 unspecified atom stereocenters. The summed E-state index contributed by atoms with van der Waals surface area (Å²) < 4.78 is 6.12. The molecule has 5 nitrogen and oxygen atoms in total. The van der Waals surface area contributed by atoms with Crippen LogP contribution in [0.5, 0.6) is 0 Å². The van der Waals surface area contributed by atoms with Gasteiger partial charge in [-0.15, -0.1) is 0 Å². The zero-order chi connectivity index (χ0) is 32.5. The van der Waals surface area contributed by atoms with Crippen LogP contribution in [0.2, 0.25) is 0 Å². The summed E-state index contributed by atoms with van der Waals surface area (Å²) in [6.45, 7) is 0. The van der Waals surface area contributed by atoms with Gasteiger partial charge in [-0.05, 0) is 103 Å². The molecule has 236 valence electrons. The van der Waals surface area contributed by atoms with Gasteiger partial charge in [-0.1, -0.05) is 91.0 Å². The average molecular weight is 635 g/mol. The van der Waals surface area contributed by atoms with Crippen LogP contribution in [-0.2, 0) is 5.41 Å². The first-order valence-corrected chi connectivity index (χ1v) is 17.5. The Morgan fingerprint density at radius 3 is 1.92 bits per heavy atom. The molecule has 4 bridgehead atoms. The number of nitriles is 1. The molecule has 5 heteroatoms. The molecule has 2 heterocycles.